The summed E-state index contributed by atoms with van der Waals surface area (Å²) in [6.07, 6.45) is 5.06. The van der Waals surface area contributed by atoms with Crippen LogP contribution in [0.1, 0.15) is 69.1 Å². The summed E-state index contributed by atoms with van der Waals surface area (Å²) in [6, 6.07) is 8.19. The van der Waals surface area contributed by atoms with Gasteiger partial charge in [0.15, 0.2) is 0 Å². The second-order valence-corrected chi connectivity index (χ2v) is 6.72. The number of hydrogen-bond acceptors (Lipinski definition) is 3. The fourth-order valence-electron chi connectivity index (χ4n) is 3.15. The summed E-state index contributed by atoms with van der Waals surface area (Å²) in [4.78, 5) is 0. The number of rotatable bonds is 6. The molecule has 0 aliphatic heterocycles. The van der Waals surface area contributed by atoms with Gasteiger partial charge >= 0.3 is 0 Å². The maximum absolute atomic E-state index is 10.3. The van der Waals surface area contributed by atoms with E-state index in [0.29, 0.717) is 12.5 Å². The predicted octanol–water partition coefficient (Wildman–Crippen LogP) is 3.13. The van der Waals surface area contributed by atoms with E-state index >= 15 is 0 Å². The lowest BCUT2D eigenvalue weighted by Crippen LogP contribution is -2.51. The minimum atomic E-state index is -0.517. The Morgan fingerprint density at radius 3 is 2.14 bits per heavy atom. The molecule has 0 amide bonds. The van der Waals surface area contributed by atoms with Gasteiger partial charge in [0, 0.05) is 12.1 Å². The Kier molecular flexibility index (Phi) is 5.80. The van der Waals surface area contributed by atoms with Crippen LogP contribution < -0.4 is 5.32 Å². The second kappa shape index (κ2) is 7.39. The van der Waals surface area contributed by atoms with Crippen molar-refractivity contribution in [3.63, 3.8) is 0 Å². The van der Waals surface area contributed by atoms with E-state index in [9.17, 15) is 10.2 Å². The van der Waals surface area contributed by atoms with Crippen molar-refractivity contribution >= 4 is 0 Å². The zero-order valence-corrected chi connectivity index (χ0v) is 13.3. The van der Waals surface area contributed by atoms with Crippen LogP contribution in [0.25, 0.3) is 0 Å². The third-order valence-electron chi connectivity index (χ3n) is 4.77. The molecule has 1 fully saturated rings. The first kappa shape index (κ1) is 16.5. The van der Waals surface area contributed by atoms with E-state index in [1.54, 1.807) is 0 Å². The van der Waals surface area contributed by atoms with E-state index in [1.807, 2.05) is 12.1 Å². The lowest BCUT2D eigenvalue weighted by Gasteiger charge is -2.37. The van der Waals surface area contributed by atoms with Crippen molar-refractivity contribution in [3.8, 4) is 0 Å². The Labute approximate surface area is 128 Å². The highest BCUT2D eigenvalue weighted by atomic mass is 16.3. The third-order valence-corrected chi connectivity index (χ3v) is 4.77. The van der Waals surface area contributed by atoms with Gasteiger partial charge in [-0.25, -0.2) is 0 Å². The number of benzene rings is 1. The van der Waals surface area contributed by atoms with Gasteiger partial charge in [0.05, 0.1) is 12.7 Å². The number of hydrogen-bond donors (Lipinski definition) is 3. The number of β-amino-alcohol motifs (C(OH)–C–C–N with tert-alkyl or cyclic N) is 1. The van der Waals surface area contributed by atoms with E-state index in [4.69, 9.17) is 0 Å². The Bertz CT molecular complexity index is 421. The second-order valence-electron chi connectivity index (χ2n) is 6.72. The molecular weight excluding hydrogens is 262 g/mol. The van der Waals surface area contributed by atoms with Crippen LogP contribution in [0.4, 0.5) is 0 Å². The standard InChI is InChI=1S/C18H29NO2/c1-14(2)15-6-8-16(9-7-15)17(21)12-19-18(13-20)10-4-3-5-11-18/h6-9,14,17,19-21H,3-5,10-13H2,1-2H3. The molecule has 0 saturated heterocycles. The number of aliphatic hydroxyl groups excluding tert-OH is 2. The summed E-state index contributed by atoms with van der Waals surface area (Å²) in [5.74, 6) is 0.509. The minimum Gasteiger partial charge on any atom is -0.394 e. The van der Waals surface area contributed by atoms with E-state index in [-0.39, 0.29) is 12.1 Å². The molecule has 1 saturated carbocycles. The van der Waals surface area contributed by atoms with Crippen molar-refractivity contribution in [2.45, 2.75) is 63.5 Å². The first-order chi connectivity index (χ1) is 10.1. The van der Waals surface area contributed by atoms with E-state index in [1.165, 1.54) is 12.0 Å². The Hall–Kier alpha value is -0.900. The number of aliphatic hydroxyl groups is 2. The topological polar surface area (TPSA) is 52.5 Å². The van der Waals surface area contributed by atoms with Gasteiger partial charge in [-0.2, -0.15) is 0 Å². The molecule has 1 unspecified atom stereocenters. The lowest BCUT2D eigenvalue weighted by atomic mass is 9.82. The van der Waals surface area contributed by atoms with Crippen molar-refractivity contribution in [3.05, 3.63) is 35.4 Å². The fourth-order valence-corrected chi connectivity index (χ4v) is 3.15. The first-order valence-electron chi connectivity index (χ1n) is 8.20. The molecule has 2 rings (SSSR count). The van der Waals surface area contributed by atoms with Gasteiger partial charge in [-0.15, -0.1) is 0 Å². The molecule has 0 radical (unpaired) electrons. The zero-order valence-electron chi connectivity index (χ0n) is 13.3. The van der Waals surface area contributed by atoms with Crippen LogP contribution in [0.5, 0.6) is 0 Å². The summed E-state index contributed by atoms with van der Waals surface area (Å²) in [5.41, 5.74) is 2.05. The Balaban J connectivity index is 1.92. The summed E-state index contributed by atoms with van der Waals surface area (Å²) in [7, 11) is 0. The van der Waals surface area contributed by atoms with Crippen molar-refractivity contribution < 1.29 is 10.2 Å². The van der Waals surface area contributed by atoms with Crippen molar-refractivity contribution in [2.24, 2.45) is 0 Å². The Morgan fingerprint density at radius 1 is 1.05 bits per heavy atom. The summed E-state index contributed by atoms with van der Waals surface area (Å²) >= 11 is 0. The largest absolute Gasteiger partial charge is 0.394 e. The molecule has 1 aromatic rings. The van der Waals surface area contributed by atoms with Gasteiger partial charge in [-0.3, -0.25) is 0 Å². The molecule has 0 spiro atoms. The zero-order chi connectivity index (χ0) is 15.3. The van der Waals surface area contributed by atoms with E-state index in [2.05, 4.69) is 31.3 Å². The SMILES string of the molecule is CC(C)c1ccc(C(O)CNC2(CO)CCCCC2)cc1. The summed E-state index contributed by atoms with van der Waals surface area (Å²) in [5, 5.41) is 23.4. The molecule has 0 bridgehead atoms. The van der Waals surface area contributed by atoms with Crippen molar-refractivity contribution in [1.82, 2.24) is 5.32 Å². The lowest BCUT2D eigenvalue weighted by molar-refractivity contribution is 0.0943. The summed E-state index contributed by atoms with van der Waals surface area (Å²) in [6.45, 7) is 5.00. The van der Waals surface area contributed by atoms with Crippen LogP contribution in [-0.2, 0) is 0 Å². The molecule has 3 heteroatoms. The van der Waals surface area contributed by atoms with Crippen LogP contribution in [0.3, 0.4) is 0 Å². The normalized spacial score (nSPS) is 19.7. The molecule has 118 valence electrons. The van der Waals surface area contributed by atoms with Crippen LogP contribution in [0, 0.1) is 0 Å². The maximum Gasteiger partial charge on any atom is 0.0914 e. The van der Waals surface area contributed by atoms with Gasteiger partial charge in [-0.1, -0.05) is 57.4 Å². The van der Waals surface area contributed by atoms with Gasteiger partial charge in [-0.05, 0) is 29.9 Å². The van der Waals surface area contributed by atoms with Gasteiger partial charge in [0.2, 0.25) is 0 Å². The molecule has 1 aromatic carbocycles. The molecule has 3 nitrogen and oxygen atoms in total. The van der Waals surface area contributed by atoms with Crippen LogP contribution in [-0.4, -0.2) is 28.9 Å². The average molecular weight is 291 g/mol. The van der Waals surface area contributed by atoms with E-state index in [0.717, 1.165) is 31.2 Å². The van der Waals surface area contributed by atoms with Crippen LogP contribution in [0.15, 0.2) is 24.3 Å². The molecule has 0 aromatic heterocycles. The average Bonchev–Trinajstić information content (AvgIpc) is 2.53. The highest BCUT2D eigenvalue weighted by Crippen LogP contribution is 2.28. The smallest absolute Gasteiger partial charge is 0.0914 e. The molecule has 1 atom stereocenters. The quantitative estimate of drug-likeness (QED) is 0.755. The van der Waals surface area contributed by atoms with Crippen molar-refractivity contribution in [1.29, 1.82) is 0 Å². The van der Waals surface area contributed by atoms with Gasteiger partial charge < -0.3 is 15.5 Å². The predicted molar refractivity (Wildman–Crippen MR) is 86.4 cm³/mol. The highest BCUT2D eigenvalue weighted by molar-refractivity contribution is 5.26. The van der Waals surface area contributed by atoms with Crippen LogP contribution >= 0.6 is 0 Å². The third kappa shape index (κ3) is 4.29. The van der Waals surface area contributed by atoms with Gasteiger partial charge in [0.25, 0.3) is 0 Å². The maximum atomic E-state index is 10.3. The van der Waals surface area contributed by atoms with Gasteiger partial charge in [0.1, 0.15) is 0 Å². The molecule has 0 heterocycles. The van der Waals surface area contributed by atoms with E-state index < -0.39 is 6.10 Å². The van der Waals surface area contributed by atoms with Crippen molar-refractivity contribution in [2.75, 3.05) is 13.2 Å². The number of nitrogens with one attached hydrogen (secondary N) is 1. The van der Waals surface area contributed by atoms with Crippen LogP contribution in [0.2, 0.25) is 0 Å². The highest BCUT2D eigenvalue weighted by Gasteiger charge is 2.31. The summed E-state index contributed by atoms with van der Waals surface area (Å²) < 4.78 is 0. The molecular formula is C18H29NO2. The molecule has 21 heavy (non-hydrogen) atoms. The molecule has 1 aliphatic rings. The Morgan fingerprint density at radius 2 is 1.62 bits per heavy atom. The molecule has 3 N–H and O–H groups in total. The minimum absolute atomic E-state index is 0.159. The fraction of sp³-hybridized carbons (Fsp3) is 0.667. The monoisotopic (exact) mass is 291 g/mol. The first-order valence-corrected chi connectivity index (χ1v) is 8.20. The molecule has 1 aliphatic carbocycles.